The number of nitrogens with zero attached hydrogens (tertiary/aromatic N) is 4. The number of aromatic nitrogens is 3. The number of aryl methyl sites for hydroxylation is 1. The van der Waals surface area contributed by atoms with Crippen molar-refractivity contribution >= 4 is 58.2 Å². The van der Waals surface area contributed by atoms with Gasteiger partial charge in [-0.05, 0) is 37.6 Å². The number of hydrogen-bond donors (Lipinski definition) is 2. The SMILES string of the molecule is Cc1ccc([N+](=O)[O-])cc1NC(=O)CSc1nnc([C@@H](C)NC(=O)c2ccc(Cl)c(Cl)c2)n1C. The van der Waals surface area contributed by atoms with E-state index in [1.807, 2.05) is 0 Å². The highest BCUT2D eigenvalue weighted by atomic mass is 35.5. The van der Waals surface area contributed by atoms with E-state index in [-0.39, 0.29) is 28.3 Å². The molecule has 2 aromatic carbocycles. The van der Waals surface area contributed by atoms with Gasteiger partial charge in [0, 0.05) is 24.7 Å². The molecule has 0 saturated carbocycles. The fourth-order valence-electron chi connectivity index (χ4n) is 2.99. The first kappa shape index (κ1) is 25.5. The molecule has 0 spiro atoms. The Morgan fingerprint density at radius 3 is 2.59 bits per heavy atom. The molecule has 13 heteroatoms. The molecule has 3 aromatic rings. The number of nitro benzene ring substituents is 1. The van der Waals surface area contributed by atoms with E-state index in [1.165, 1.54) is 18.2 Å². The molecule has 0 radical (unpaired) electrons. The average Bonchev–Trinajstić information content (AvgIpc) is 3.15. The van der Waals surface area contributed by atoms with Crippen molar-refractivity contribution in [1.82, 2.24) is 20.1 Å². The molecule has 0 aliphatic rings. The molecule has 0 bridgehead atoms. The van der Waals surface area contributed by atoms with E-state index in [0.717, 1.165) is 11.8 Å². The molecule has 178 valence electrons. The van der Waals surface area contributed by atoms with Crippen LogP contribution in [0.15, 0.2) is 41.6 Å². The van der Waals surface area contributed by atoms with Crippen LogP contribution in [-0.2, 0) is 11.8 Å². The first-order valence-electron chi connectivity index (χ1n) is 9.89. The van der Waals surface area contributed by atoms with Gasteiger partial charge in [0.15, 0.2) is 11.0 Å². The van der Waals surface area contributed by atoms with Crippen LogP contribution in [0.2, 0.25) is 10.0 Å². The Kier molecular flexibility index (Phi) is 8.13. The summed E-state index contributed by atoms with van der Waals surface area (Å²) in [5.74, 6) is -0.196. The van der Waals surface area contributed by atoms with E-state index in [2.05, 4.69) is 20.8 Å². The second kappa shape index (κ2) is 10.9. The van der Waals surface area contributed by atoms with Gasteiger partial charge in [-0.25, -0.2) is 0 Å². The molecule has 0 aliphatic heterocycles. The molecule has 1 heterocycles. The fourth-order valence-corrected chi connectivity index (χ4v) is 4.00. The molecule has 0 fully saturated rings. The van der Waals surface area contributed by atoms with E-state index in [0.29, 0.717) is 32.8 Å². The van der Waals surface area contributed by atoms with Crippen LogP contribution in [0, 0.1) is 17.0 Å². The van der Waals surface area contributed by atoms with Gasteiger partial charge in [0.2, 0.25) is 5.91 Å². The van der Waals surface area contributed by atoms with Crippen molar-refractivity contribution in [3.05, 3.63) is 73.5 Å². The number of rotatable bonds is 8. The lowest BCUT2D eigenvalue weighted by Gasteiger charge is -2.14. The summed E-state index contributed by atoms with van der Waals surface area (Å²) in [6.45, 7) is 3.50. The fraction of sp³-hybridized carbons (Fsp3) is 0.238. The predicted octanol–water partition coefficient (Wildman–Crippen LogP) is 4.56. The summed E-state index contributed by atoms with van der Waals surface area (Å²) in [6, 6.07) is 8.38. The van der Waals surface area contributed by atoms with Gasteiger partial charge in [0.05, 0.1) is 32.5 Å². The van der Waals surface area contributed by atoms with Gasteiger partial charge in [0.25, 0.3) is 11.6 Å². The summed E-state index contributed by atoms with van der Waals surface area (Å²) in [7, 11) is 1.72. The van der Waals surface area contributed by atoms with Gasteiger partial charge in [-0.1, -0.05) is 41.0 Å². The molecular weight excluding hydrogens is 503 g/mol. The third-order valence-electron chi connectivity index (χ3n) is 4.82. The number of carbonyl (C=O) groups is 2. The molecular formula is C21H20Cl2N6O4S. The first-order valence-corrected chi connectivity index (χ1v) is 11.6. The number of hydrogen-bond acceptors (Lipinski definition) is 7. The maximum Gasteiger partial charge on any atom is 0.271 e. The molecule has 0 saturated heterocycles. The van der Waals surface area contributed by atoms with Gasteiger partial charge in [-0.3, -0.25) is 19.7 Å². The largest absolute Gasteiger partial charge is 0.342 e. The van der Waals surface area contributed by atoms with Crippen LogP contribution < -0.4 is 10.6 Å². The Labute approximate surface area is 209 Å². The van der Waals surface area contributed by atoms with E-state index < -0.39 is 11.0 Å². The molecule has 34 heavy (non-hydrogen) atoms. The van der Waals surface area contributed by atoms with Crippen molar-refractivity contribution in [2.75, 3.05) is 11.1 Å². The Balaban J connectivity index is 1.61. The van der Waals surface area contributed by atoms with Crippen LogP contribution >= 0.6 is 35.0 Å². The molecule has 1 aromatic heterocycles. The molecule has 2 N–H and O–H groups in total. The highest BCUT2D eigenvalue weighted by Gasteiger charge is 2.20. The van der Waals surface area contributed by atoms with Crippen molar-refractivity contribution in [1.29, 1.82) is 0 Å². The molecule has 3 rings (SSSR count). The van der Waals surface area contributed by atoms with Gasteiger partial charge in [-0.15, -0.1) is 10.2 Å². The summed E-state index contributed by atoms with van der Waals surface area (Å²) >= 11 is 13.0. The molecule has 2 amide bonds. The highest BCUT2D eigenvalue weighted by molar-refractivity contribution is 7.99. The first-order chi connectivity index (χ1) is 16.1. The van der Waals surface area contributed by atoms with Gasteiger partial charge in [0.1, 0.15) is 0 Å². The molecule has 10 nitrogen and oxygen atoms in total. The lowest BCUT2D eigenvalue weighted by Crippen LogP contribution is -2.28. The predicted molar refractivity (Wildman–Crippen MR) is 131 cm³/mol. The maximum absolute atomic E-state index is 12.5. The topological polar surface area (TPSA) is 132 Å². The Hall–Kier alpha value is -3.15. The van der Waals surface area contributed by atoms with Gasteiger partial charge < -0.3 is 15.2 Å². The van der Waals surface area contributed by atoms with E-state index in [4.69, 9.17) is 23.2 Å². The monoisotopic (exact) mass is 522 g/mol. The van der Waals surface area contributed by atoms with Crippen molar-refractivity contribution in [3.8, 4) is 0 Å². The number of thioether (sulfide) groups is 1. The van der Waals surface area contributed by atoms with Crippen LogP contribution in [-0.4, -0.2) is 37.3 Å². The second-order valence-electron chi connectivity index (χ2n) is 7.32. The number of carbonyl (C=O) groups excluding carboxylic acids is 2. The number of amides is 2. The summed E-state index contributed by atoms with van der Waals surface area (Å²) in [4.78, 5) is 35.4. The molecule has 0 unspecified atom stereocenters. The minimum absolute atomic E-state index is 0.0120. The van der Waals surface area contributed by atoms with Crippen molar-refractivity contribution in [2.45, 2.75) is 25.0 Å². The Morgan fingerprint density at radius 1 is 1.18 bits per heavy atom. The zero-order chi connectivity index (χ0) is 25.0. The van der Waals surface area contributed by atoms with Crippen molar-refractivity contribution < 1.29 is 14.5 Å². The lowest BCUT2D eigenvalue weighted by molar-refractivity contribution is -0.384. The Bertz CT molecular complexity index is 1270. The van der Waals surface area contributed by atoms with Crippen molar-refractivity contribution in [2.24, 2.45) is 7.05 Å². The third kappa shape index (κ3) is 6.04. The highest BCUT2D eigenvalue weighted by Crippen LogP contribution is 2.25. The number of non-ortho nitro benzene ring substituents is 1. The normalized spacial score (nSPS) is 11.7. The summed E-state index contributed by atoms with van der Waals surface area (Å²) in [5.41, 5.74) is 1.32. The summed E-state index contributed by atoms with van der Waals surface area (Å²) < 4.78 is 1.68. The van der Waals surface area contributed by atoms with Crippen LogP contribution in [0.1, 0.15) is 34.7 Å². The number of nitro groups is 1. The standard InChI is InChI=1S/C21H20Cl2N6O4S/c1-11-4-6-14(29(32)33)9-17(11)25-18(30)10-34-21-27-26-19(28(21)3)12(2)24-20(31)13-5-7-15(22)16(23)8-13/h4-9,12H,10H2,1-3H3,(H,24,31)(H,25,30)/t12-/m1/s1. The average molecular weight is 523 g/mol. The van der Waals surface area contributed by atoms with Crippen LogP contribution in [0.4, 0.5) is 11.4 Å². The summed E-state index contributed by atoms with van der Waals surface area (Å²) in [5, 5.41) is 25.8. The number of nitrogens with one attached hydrogen (secondary N) is 2. The second-order valence-corrected chi connectivity index (χ2v) is 9.07. The summed E-state index contributed by atoms with van der Waals surface area (Å²) in [6.07, 6.45) is 0. The van der Waals surface area contributed by atoms with Crippen molar-refractivity contribution in [3.63, 3.8) is 0 Å². The zero-order valence-corrected chi connectivity index (χ0v) is 20.7. The quantitative estimate of drug-likeness (QED) is 0.251. The van der Waals surface area contributed by atoms with E-state index in [9.17, 15) is 19.7 Å². The Morgan fingerprint density at radius 2 is 1.91 bits per heavy atom. The number of benzene rings is 2. The number of halogens is 2. The van der Waals surface area contributed by atoms with E-state index >= 15 is 0 Å². The van der Waals surface area contributed by atoms with Crippen LogP contribution in [0.3, 0.4) is 0 Å². The minimum Gasteiger partial charge on any atom is -0.342 e. The smallest absolute Gasteiger partial charge is 0.271 e. The lowest BCUT2D eigenvalue weighted by atomic mass is 10.2. The van der Waals surface area contributed by atoms with E-state index in [1.54, 1.807) is 43.7 Å². The molecule has 0 aliphatic carbocycles. The van der Waals surface area contributed by atoms with Crippen LogP contribution in [0.25, 0.3) is 0 Å². The van der Waals surface area contributed by atoms with Gasteiger partial charge >= 0.3 is 0 Å². The maximum atomic E-state index is 12.5. The minimum atomic E-state index is -0.521. The van der Waals surface area contributed by atoms with Gasteiger partial charge in [-0.2, -0.15) is 0 Å². The van der Waals surface area contributed by atoms with Crippen LogP contribution in [0.5, 0.6) is 0 Å². The zero-order valence-electron chi connectivity index (χ0n) is 18.3. The third-order valence-corrected chi connectivity index (χ3v) is 6.58. The number of anilines is 1. The molecule has 1 atom stereocenters.